The van der Waals surface area contributed by atoms with E-state index in [1.807, 2.05) is 29.2 Å². The smallest absolute Gasteiger partial charge is 0.227 e. The van der Waals surface area contributed by atoms with Gasteiger partial charge in [-0.3, -0.25) is 4.79 Å². The summed E-state index contributed by atoms with van der Waals surface area (Å²) >= 11 is 2.25. The molecule has 1 atom stereocenters. The zero-order valence-electron chi connectivity index (χ0n) is 9.60. The maximum Gasteiger partial charge on any atom is 0.227 e. The monoisotopic (exact) mass is 345 g/mol. The van der Waals surface area contributed by atoms with E-state index in [1.165, 1.54) is 3.57 Å². The maximum absolute atomic E-state index is 12.0. The van der Waals surface area contributed by atoms with Gasteiger partial charge in [0.1, 0.15) is 0 Å². The second-order valence-corrected chi connectivity index (χ2v) is 5.73. The molecule has 1 aromatic carbocycles. The van der Waals surface area contributed by atoms with Gasteiger partial charge in [0, 0.05) is 29.2 Å². The SMILES string of the molecule is O=C(Cc1ccc(I)cc1)N1CC[C@@H](CO)C1. The van der Waals surface area contributed by atoms with Crippen LogP contribution in [0, 0.1) is 9.49 Å². The lowest BCUT2D eigenvalue weighted by atomic mass is 10.1. The third kappa shape index (κ3) is 3.42. The van der Waals surface area contributed by atoms with E-state index in [0.717, 1.165) is 18.5 Å². The molecule has 1 fully saturated rings. The number of rotatable bonds is 3. The molecule has 1 aliphatic heterocycles. The van der Waals surface area contributed by atoms with Gasteiger partial charge in [0.15, 0.2) is 0 Å². The molecule has 3 nitrogen and oxygen atoms in total. The molecule has 2 rings (SSSR count). The number of carbonyl (C=O) groups is 1. The van der Waals surface area contributed by atoms with Crippen LogP contribution in [0.4, 0.5) is 0 Å². The summed E-state index contributed by atoms with van der Waals surface area (Å²) in [6.07, 6.45) is 1.39. The first-order valence-corrected chi connectivity index (χ1v) is 6.90. The summed E-state index contributed by atoms with van der Waals surface area (Å²) in [6, 6.07) is 8.03. The predicted molar refractivity (Wildman–Crippen MR) is 74.6 cm³/mol. The lowest BCUT2D eigenvalue weighted by Crippen LogP contribution is -2.30. The standard InChI is InChI=1S/C13H16INO2/c14-12-3-1-10(2-4-12)7-13(17)15-6-5-11(8-15)9-16/h1-4,11,16H,5-9H2/t11-/m1/s1. The van der Waals surface area contributed by atoms with E-state index in [2.05, 4.69) is 22.6 Å². The van der Waals surface area contributed by atoms with Gasteiger partial charge < -0.3 is 10.0 Å². The Hall–Kier alpha value is -0.620. The molecule has 1 N–H and O–H groups in total. The van der Waals surface area contributed by atoms with Crippen molar-refractivity contribution in [2.24, 2.45) is 5.92 Å². The van der Waals surface area contributed by atoms with Crippen LogP contribution < -0.4 is 0 Å². The molecule has 1 aliphatic rings. The predicted octanol–water partition coefficient (Wildman–Crippen LogP) is 1.67. The van der Waals surface area contributed by atoms with Crippen molar-refractivity contribution in [3.63, 3.8) is 0 Å². The third-order valence-electron chi connectivity index (χ3n) is 3.17. The Morgan fingerprint density at radius 3 is 2.71 bits per heavy atom. The van der Waals surface area contributed by atoms with E-state index in [-0.39, 0.29) is 18.4 Å². The van der Waals surface area contributed by atoms with Crippen molar-refractivity contribution < 1.29 is 9.90 Å². The van der Waals surface area contributed by atoms with E-state index >= 15 is 0 Å². The first kappa shape index (κ1) is 12.8. The maximum atomic E-state index is 12.0. The zero-order chi connectivity index (χ0) is 12.3. The zero-order valence-corrected chi connectivity index (χ0v) is 11.8. The van der Waals surface area contributed by atoms with Crippen molar-refractivity contribution in [1.29, 1.82) is 0 Å². The van der Waals surface area contributed by atoms with Crippen LogP contribution in [0.1, 0.15) is 12.0 Å². The molecule has 0 aliphatic carbocycles. The minimum Gasteiger partial charge on any atom is -0.396 e. The normalized spacial score (nSPS) is 19.6. The highest BCUT2D eigenvalue weighted by atomic mass is 127. The van der Waals surface area contributed by atoms with Crippen molar-refractivity contribution in [3.8, 4) is 0 Å². The molecular formula is C13H16INO2. The summed E-state index contributed by atoms with van der Waals surface area (Å²) in [6.45, 7) is 1.68. The number of halogens is 1. The van der Waals surface area contributed by atoms with Crippen LogP contribution in [-0.4, -0.2) is 35.6 Å². The van der Waals surface area contributed by atoms with Gasteiger partial charge in [0.05, 0.1) is 6.42 Å². The van der Waals surface area contributed by atoms with Crippen LogP contribution in [-0.2, 0) is 11.2 Å². The van der Waals surface area contributed by atoms with E-state index < -0.39 is 0 Å². The molecule has 1 amide bonds. The number of amides is 1. The van der Waals surface area contributed by atoms with Crippen molar-refractivity contribution in [2.45, 2.75) is 12.8 Å². The average molecular weight is 345 g/mol. The Balaban J connectivity index is 1.91. The van der Waals surface area contributed by atoms with E-state index in [0.29, 0.717) is 13.0 Å². The van der Waals surface area contributed by atoms with Gasteiger partial charge in [-0.1, -0.05) is 12.1 Å². The van der Waals surface area contributed by atoms with Gasteiger partial charge in [0.25, 0.3) is 0 Å². The van der Waals surface area contributed by atoms with Crippen LogP contribution in [0.3, 0.4) is 0 Å². The third-order valence-corrected chi connectivity index (χ3v) is 3.88. The van der Waals surface area contributed by atoms with Gasteiger partial charge in [-0.2, -0.15) is 0 Å². The quantitative estimate of drug-likeness (QED) is 0.847. The summed E-state index contributed by atoms with van der Waals surface area (Å²) in [7, 11) is 0. The van der Waals surface area contributed by atoms with Crippen LogP contribution in [0.25, 0.3) is 0 Å². The van der Waals surface area contributed by atoms with Gasteiger partial charge in [-0.05, 0) is 46.7 Å². The van der Waals surface area contributed by atoms with Crippen molar-refractivity contribution in [3.05, 3.63) is 33.4 Å². The molecule has 0 aromatic heterocycles. The lowest BCUT2D eigenvalue weighted by molar-refractivity contribution is -0.129. The molecular weight excluding hydrogens is 329 g/mol. The Labute approximate surface area is 115 Å². The number of hydrogen-bond acceptors (Lipinski definition) is 2. The van der Waals surface area contributed by atoms with Crippen molar-refractivity contribution in [1.82, 2.24) is 4.90 Å². The fourth-order valence-electron chi connectivity index (χ4n) is 2.10. The molecule has 0 saturated carbocycles. The Kier molecular flexibility index (Phi) is 4.39. The van der Waals surface area contributed by atoms with Gasteiger partial charge in [0.2, 0.25) is 5.91 Å². The molecule has 0 radical (unpaired) electrons. The lowest BCUT2D eigenvalue weighted by Gasteiger charge is -2.16. The van der Waals surface area contributed by atoms with Crippen molar-refractivity contribution in [2.75, 3.05) is 19.7 Å². The summed E-state index contributed by atoms with van der Waals surface area (Å²) in [4.78, 5) is 13.9. The summed E-state index contributed by atoms with van der Waals surface area (Å²) in [5.74, 6) is 0.442. The number of aliphatic hydroxyl groups excluding tert-OH is 1. The molecule has 1 heterocycles. The van der Waals surface area contributed by atoms with Gasteiger partial charge >= 0.3 is 0 Å². The Bertz CT molecular complexity index is 391. The Morgan fingerprint density at radius 2 is 2.12 bits per heavy atom. The number of carbonyl (C=O) groups excluding carboxylic acids is 1. The Morgan fingerprint density at radius 1 is 1.41 bits per heavy atom. The van der Waals surface area contributed by atoms with Gasteiger partial charge in [-0.25, -0.2) is 0 Å². The van der Waals surface area contributed by atoms with Crippen LogP contribution in [0.15, 0.2) is 24.3 Å². The number of hydrogen-bond donors (Lipinski definition) is 1. The van der Waals surface area contributed by atoms with E-state index in [1.54, 1.807) is 0 Å². The molecule has 92 valence electrons. The topological polar surface area (TPSA) is 40.5 Å². The highest BCUT2D eigenvalue weighted by Gasteiger charge is 2.25. The first-order chi connectivity index (χ1) is 8.19. The molecule has 1 saturated heterocycles. The van der Waals surface area contributed by atoms with Crippen LogP contribution in [0.2, 0.25) is 0 Å². The molecule has 0 spiro atoms. The second-order valence-electron chi connectivity index (χ2n) is 4.48. The summed E-state index contributed by atoms with van der Waals surface area (Å²) in [5, 5.41) is 9.05. The molecule has 0 unspecified atom stereocenters. The first-order valence-electron chi connectivity index (χ1n) is 5.82. The fourth-order valence-corrected chi connectivity index (χ4v) is 2.46. The molecule has 4 heteroatoms. The number of nitrogens with zero attached hydrogens (tertiary/aromatic N) is 1. The number of likely N-dealkylation sites (tertiary alicyclic amines) is 1. The minimum atomic E-state index is 0.169. The molecule has 0 bridgehead atoms. The molecule has 1 aromatic rings. The summed E-state index contributed by atoms with van der Waals surface area (Å²) in [5.41, 5.74) is 1.06. The van der Waals surface area contributed by atoms with Crippen molar-refractivity contribution >= 4 is 28.5 Å². The van der Waals surface area contributed by atoms with Gasteiger partial charge in [-0.15, -0.1) is 0 Å². The van der Waals surface area contributed by atoms with Crippen LogP contribution in [0.5, 0.6) is 0 Å². The van der Waals surface area contributed by atoms with Crippen LogP contribution >= 0.6 is 22.6 Å². The minimum absolute atomic E-state index is 0.169. The highest BCUT2D eigenvalue weighted by Crippen LogP contribution is 2.17. The highest BCUT2D eigenvalue weighted by molar-refractivity contribution is 14.1. The van der Waals surface area contributed by atoms with E-state index in [9.17, 15) is 4.79 Å². The number of benzene rings is 1. The summed E-state index contributed by atoms with van der Waals surface area (Å²) < 4.78 is 1.18. The number of aliphatic hydroxyl groups is 1. The fraction of sp³-hybridized carbons (Fsp3) is 0.462. The molecule has 17 heavy (non-hydrogen) atoms. The largest absolute Gasteiger partial charge is 0.396 e. The average Bonchev–Trinajstić information content (AvgIpc) is 2.81. The second kappa shape index (κ2) is 5.82. The van der Waals surface area contributed by atoms with E-state index in [4.69, 9.17) is 5.11 Å².